The first-order valence-corrected chi connectivity index (χ1v) is 6.44. The molecule has 0 saturated heterocycles. The molecule has 98 valence electrons. The lowest BCUT2D eigenvalue weighted by Crippen LogP contribution is -2.33. The maximum absolute atomic E-state index is 11.7. The van der Waals surface area contributed by atoms with Crippen molar-refractivity contribution in [1.82, 2.24) is 10.2 Å². The largest absolute Gasteiger partial charge is 0.340 e. The molecule has 0 unspecified atom stereocenters. The minimum absolute atomic E-state index is 0. The number of amides is 1. The molecular formula is C13H17ClN2OS. The minimum Gasteiger partial charge on any atom is -0.340 e. The Kier molecular flexibility index (Phi) is 5.59. The highest BCUT2D eigenvalue weighted by Crippen LogP contribution is 2.26. The van der Waals surface area contributed by atoms with Gasteiger partial charge in [0, 0.05) is 18.3 Å². The third-order valence-corrected chi connectivity index (χ3v) is 3.73. The summed E-state index contributed by atoms with van der Waals surface area (Å²) in [6.45, 7) is 1.06. The standard InChI is InChI=1S/C13H16N2OS.ClH/c1-14-7-13(16)15(2)8-10-9-17-12-6-4-3-5-11(10)12;/h3-6,9,14H,7-8H2,1-2H3;1H. The molecule has 0 saturated carbocycles. The summed E-state index contributed by atoms with van der Waals surface area (Å²) in [5.74, 6) is 0.114. The van der Waals surface area contributed by atoms with Crippen LogP contribution >= 0.6 is 23.7 Å². The molecule has 0 aliphatic heterocycles. The summed E-state index contributed by atoms with van der Waals surface area (Å²) in [5.41, 5.74) is 1.22. The van der Waals surface area contributed by atoms with E-state index < -0.39 is 0 Å². The lowest BCUT2D eigenvalue weighted by atomic mass is 10.2. The number of carbonyl (C=O) groups excluding carboxylic acids is 1. The second-order valence-electron chi connectivity index (χ2n) is 4.04. The number of thiophene rings is 1. The van der Waals surface area contributed by atoms with Crippen LogP contribution < -0.4 is 5.32 Å². The number of likely N-dealkylation sites (N-methyl/N-ethyl adjacent to an activating group) is 2. The van der Waals surface area contributed by atoms with Crippen LogP contribution in [0.15, 0.2) is 29.6 Å². The summed E-state index contributed by atoms with van der Waals surface area (Å²) >= 11 is 1.73. The quantitative estimate of drug-likeness (QED) is 0.936. The summed E-state index contributed by atoms with van der Waals surface area (Å²) < 4.78 is 1.27. The molecule has 0 spiro atoms. The Hall–Kier alpha value is -1.10. The number of rotatable bonds is 4. The first-order chi connectivity index (χ1) is 8.22. The maximum atomic E-state index is 11.7. The summed E-state index contributed by atoms with van der Waals surface area (Å²) in [7, 11) is 3.62. The zero-order chi connectivity index (χ0) is 12.3. The zero-order valence-electron chi connectivity index (χ0n) is 10.5. The van der Waals surface area contributed by atoms with Gasteiger partial charge in [0.25, 0.3) is 0 Å². The van der Waals surface area contributed by atoms with Gasteiger partial charge in [0.15, 0.2) is 0 Å². The molecule has 2 aromatic rings. The Bertz CT molecular complexity index is 526. The van der Waals surface area contributed by atoms with Crippen LogP contribution in [0.1, 0.15) is 5.56 Å². The number of fused-ring (bicyclic) bond motifs is 1. The Morgan fingerprint density at radius 1 is 1.39 bits per heavy atom. The molecule has 1 aromatic carbocycles. The van der Waals surface area contributed by atoms with E-state index in [1.165, 1.54) is 15.6 Å². The van der Waals surface area contributed by atoms with E-state index in [-0.39, 0.29) is 18.3 Å². The van der Waals surface area contributed by atoms with Gasteiger partial charge in [-0.15, -0.1) is 23.7 Å². The van der Waals surface area contributed by atoms with Gasteiger partial charge >= 0.3 is 0 Å². The lowest BCUT2D eigenvalue weighted by Gasteiger charge is -2.16. The molecular weight excluding hydrogens is 268 g/mol. The summed E-state index contributed by atoms with van der Waals surface area (Å²) in [6, 6.07) is 8.29. The summed E-state index contributed by atoms with van der Waals surface area (Å²) in [6.07, 6.45) is 0. The van der Waals surface area contributed by atoms with Crippen molar-refractivity contribution in [2.45, 2.75) is 6.54 Å². The van der Waals surface area contributed by atoms with Gasteiger partial charge in [-0.1, -0.05) is 18.2 Å². The van der Waals surface area contributed by atoms with Gasteiger partial charge in [0.05, 0.1) is 6.54 Å². The average molecular weight is 285 g/mol. The molecule has 0 aliphatic carbocycles. The molecule has 0 aliphatic rings. The Labute approximate surface area is 117 Å². The van der Waals surface area contributed by atoms with Crippen molar-refractivity contribution in [3.8, 4) is 0 Å². The Morgan fingerprint density at radius 2 is 2.11 bits per heavy atom. The van der Waals surface area contributed by atoms with Crippen molar-refractivity contribution in [1.29, 1.82) is 0 Å². The molecule has 1 amide bonds. The normalized spacial score (nSPS) is 10.1. The zero-order valence-corrected chi connectivity index (χ0v) is 12.1. The molecule has 18 heavy (non-hydrogen) atoms. The molecule has 1 N–H and O–H groups in total. The number of benzene rings is 1. The third-order valence-electron chi connectivity index (χ3n) is 2.72. The SMILES string of the molecule is CNCC(=O)N(C)Cc1csc2ccccc12.Cl. The Balaban J connectivity index is 0.00000162. The predicted octanol–water partition coefficient (Wildman–Crippen LogP) is 2.50. The van der Waals surface area contributed by atoms with Gasteiger partial charge < -0.3 is 10.2 Å². The second kappa shape index (κ2) is 6.73. The molecule has 3 nitrogen and oxygen atoms in total. The predicted molar refractivity (Wildman–Crippen MR) is 79.5 cm³/mol. The third kappa shape index (κ3) is 3.22. The van der Waals surface area contributed by atoms with Crippen LogP contribution in [0, 0.1) is 0 Å². The van der Waals surface area contributed by atoms with Crippen molar-refractivity contribution < 1.29 is 4.79 Å². The van der Waals surface area contributed by atoms with Gasteiger partial charge in [-0.25, -0.2) is 0 Å². The number of nitrogens with zero attached hydrogens (tertiary/aromatic N) is 1. The lowest BCUT2D eigenvalue weighted by molar-refractivity contribution is -0.129. The van der Waals surface area contributed by atoms with E-state index in [1.807, 2.05) is 19.2 Å². The van der Waals surface area contributed by atoms with Crippen LogP contribution in [0.3, 0.4) is 0 Å². The second-order valence-corrected chi connectivity index (χ2v) is 4.95. The number of hydrogen-bond donors (Lipinski definition) is 1. The topological polar surface area (TPSA) is 32.3 Å². The molecule has 0 atom stereocenters. The molecule has 1 aromatic heterocycles. The molecule has 0 radical (unpaired) electrons. The first kappa shape index (κ1) is 15.0. The molecule has 0 fully saturated rings. The highest BCUT2D eigenvalue weighted by atomic mass is 35.5. The van der Waals surface area contributed by atoms with Gasteiger partial charge in [0.2, 0.25) is 5.91 Å². The number of carbonyl (C=O) groups is 1. The fourth-order valence-electron chi connectivity index (χ4n) is 1.79. The van der Waals surface area contributed by atoms with E-state index >= 15 is 0 Å². The van der Waals surface area contributed by atoms with E-state index in [0.717, 1.165) is 0 Å². The first-order valence-electron chi connectivity index (χ1n) is 5.56. The van der Waals surface area contributed by atoms with Gasteiger partial charge in [0.1, 0.15) is 0 Å². The summed E-state index contributed by atoms with van der Waals surface area (Å²) in [5, 5.41) is 6.26. The van der Waals surface area contributed by atoms with Crippen molar-refractivity contribution in [2.24, 2.45) is 0 Å². The van der Waals surface area contributed by atoms with Crippen molar-refractivity contribution in [3.05, 3.63) is 35.2 Å². The van der Waals surface area contributed by atoms with Crippen LogP contribution in [-0.4, -0.2) is 31.4 Å². The van der Waals surface area contributed by atoms with Crippen molar-refractivity contribution >= 4 is 39.7 Å². The van der Waals surface area contributed by atoms with E-state index in [2.05, 4.69) is 22.8 Å². The molecule has 0 bridgehead atoms. The van der Waals surface area contributed by atoms with Crippen LogP contribution in [0.2, 0.25) is 0 Å². The minimum atomic E-state index is 0. The summed E-state index contributed by atoms with van der Waals surface area (Å²) in [4.78, 5) is 13.4. The molecule has 1 heterocycles. The maximum Gasteiger partial charge on any atom is 0.236 e. The highest BCUT2D eigenvalue weighted by Gasteiger charge is 2.10. The number of nitrogens with one attached hydrogen (secondary N) is 1. The van der Waals surface area contributed by atoms with Crippen molar-refractivity contribution in [2.75, 3.05) is 20.6 Å². The molecule has 2 rings (SSSR count). The highest BCUT2D eigenvalue weighted by molar-refractivity contribution is 7.17. The van der Waals surface area contributed by atoms with Crippen LogP contribution in [0.5, 0.6) is 0 Å². The average Bonchev–Trinajstić information content (AvgIpc) is 2.73. The van der Waals surface area contributed by atoms with Crippen molar-refractivity contribution in [3.63, 3.8) is 0 Å². The Morgan fingerprint density at radius 3 is 2.83 bits per heavy atom. The molecule has 5 heteroatoms. The van der Waals surface area contributed by atoms with Crippen LogP contribution in [-0.2, 0) is 11.3 Å². The number of halogens is 1. The fraction of sp³-hybridized carbons (Fsp3) is 0.308. The van der Waals surface area contributed by atoms with E-state index in [9.17, 15) is 4.79 Å². The van der Waals surface area contributed by atoms with Gasteiger partial charge in [-0.2, -0.15) is 0 Å². The van der Waals surface area contributed by atoms with Gasteiger partial charge in [-0.3, -0.25) is 4.79 Å². The van der Waals surface area contributed by atoms with E-state index in [4.69, 9.17) is 0 Å². The smallest absolute Gasteiger partial charge is 0.236 e. The van der Waals surface area contributed by atoms with Crippen LogP contribution in [0.25, 0.3) is 10.1 Å². The van der Waals surface area contributed by atoms with Crippen LogP contribution in [0.4, 0.5) is 0 Å². The monoisotopic (exact) mass is 284 g/mol. The van der Waals surface area contributed by atoms with E-state index in [0.29, 0.717) is 13.1 Å². The fourth-order valence-corrected chi connectivity index (χ4v) is 2.74. The van der Waals surface area contributed by atoms with E-state index in [1.54, 1.807) is 23.3 Å². The number of hydrogen-bond acceptors (Lipinski definition) is 3. The van der Waals surface area contributed by atoms with Gasteiger partial charge in [-0.05, 0) is 29.4 Å².